The zero-order valence-electron chi connectivity index (χ0n) is 14.3. The van der Waals surface area contributed by atoms with E-state index in [1.54, 1.807) is 18.2 Å². The van der Waals surface area contributed by atoms with Crippen molar-refractivity contribution in [2.24, 2.45) is 5.10 Å². The lowest BCUT2D eigenvalue weighted by molar-refractivity contribution is -0.136. The number of amides is 2. The van der Waals surface area contributed by atoms with Crippen LogP contribution in [0.5, 0.6) is 11.5 Å². The van der Waals surface area contributed by atoms with Gasteiger partial charge in [-0.25, -0.2) is 9.82 Å². The Labute approximate surface area is 149 Å². The molecule has 136 valence electrons. The molecule has 8 heteroatoms. The Morgan fingerprint density at radius 3 is 2.54 bits per heavy atom. The SMILES string of the molecule is CCOc1ccc(OC)c(C=NNC(=O)C(=O)Nc2ccc(F)cc2)c1. The summed E-state index contributed by atoms with van der Waals surface area (Å²) in [6.45, 7) is 2.36. The summed E-state index contributed by atoms with van der Waals surface area (Å²) >= 11 is 0. The second kappa shape index (κ2) is 9.16. The van der Waals surface area contributed by atoms with Crippen LogP contribution in [0.25, 0.3) is 0 Å². The second-order valence-corrected chi connectivity index (χ2v) is 5.00. The Morgan fingerprint density at radius 2 is 1.88 bits per heavy atom. The van der Waals surface area contributed by atoms with Crippen molar-refractivity contribution in [3.63, 3.8) is 0 Å². The summed E-state index contributed by atoms with van der Waals surface area (Å²) in [4.78, 5) is 23.5. The molecule has 0 spiro atoms. The first-order chi connectivity index (χ1) is 12.5. The first-order valence-electron chi connectivity index (χ1n) is 7.74. The molecule has 2 amide bonds. The molecule has 0 saturated carbocycles. The Hall–Kier alpha value is -3.42. The number of carbonyl (C=O) groups is 2. The number of rotatable bonds is 6. The predicted octanol–water partition coefficient (Wildman–Crippen LogP) is 2.32. The number of hydrazone groups is 1. The summed E-state index contributed by atoms with van der Waals surface area (Å²) in [6.07, 6.45) is 1.34. The van der Waals surface area contributed by atoms with E-state index in [0.717, 1.165) is 0 Å². The van der Waals surface area contributed by atoms with Crippen molar-refractivity contribution < 1.29 is 23.5 Å². The molecule has 7 nitrogen and oxygen atoms in total. The average molecular weight is 359 g/mol. The molecule has 0 aromatic heterocycles. The highest BCUT2D eigenvalue weighted by Crippen LogP contribution is 2.22. The van der Waals surface area contributed by atoms with Crippen LogP contribution in [0.15, 0.2) is 47.6 Å². The lowest BCUT2D eigenvalue weighted by Crippen LogP contribution is -2.32. The molecule has 2 aromatic carbocycles. The van der Waals surface area contributed by atoms with Gasteiger partial charge in [-0.05, 0) is 49.4 Å². The number of hydrogen-bond acceptors (Lipinski definition) is 5. The molecule has 0 atom stereocenters. The maximum Gasteiger partial charge on any atom is 0.329 e. The number of methoxy groups -OCH3 is 1. The van der Waals surface area contributed by atoms with Gasteiger partial charge >= 0.3 is 11.8 Å². The van der Waals surface area contributed by atoms with Crippen molar-refractivity contribution in [1.82, 2.24) is 5.43 Å². The van der Waals surface area contributed by atoms with Gasteiger partial charge in [-0.3, -0.25) is 9.59 Å². The van der Waals surface area contributed by atoms with Crippen molar-refractivity contribution in [2.45, 2.75) is 6.92 Å². The number of carbonyl (C=O) groups excluding carboxylic acids is 2. The Kier molecular flexibility index (Phi) is 6.67. The lowest BCUT2D eigenvalue weighted by Gasteiger charge is -2.08. The fraction of sp³-hybridized carbons (Fsp3) is 0.167. The van der Waals surface area contributed by atoms with Crippen LogP contribution in [0, 0.1) is 5.82 Å². The van der Waals surface area contributed by atoms with E-state index in [9.17, 15) is 14.0 Å². The van der Waals surface area contributed by atoms with E-state index in [1.165, 1.54) is 37.6 Å². The van der Waals surface area contributed by atoms with Gasteiger partial charge in [0.15, 0.2) is 0 Å². The fourth-order valence-electron chi connectivity index (χ4n) is 2.00. The molecule has 2 N–H and O–H groups in total. The lowest BCUT2D eigenvalue weighted by atomic mass is 10.2. The Balaban J connectivity index is 1.98. The van der Waals surface area contributed by atoms with Crippen LogP contribution in [-0.4, -0.2) is 31.7 Å². The summed E-state index contributed by atoms with van der Waals surface area (Å²) in [7, 11) is 1.50. The molecule has 0 aliphatic rings. The first kappa shape index (κ1) is 18.9. The van der Waals surface area contributed by atoms with Crippen molar-refractivity contribution in [3.05, 3.63) is 53.8 Å². The Morgan fingerprint density at radius 1 is 1.15 bits per heavy atom. The molecule has 0 radical (unpaired) electrons. The maximum absolute atomic E-state index is 12.8. The molecular weight excluding hydrogens is 341 g/mol. The van der Waals surface area contributed by atoms with Crippen LogP contribution in [0.2, 0.25) is 0 Å². The summed E-state index contributed by atoms with van der Waals surface area (Å²) in [5.41, 5.74) is 2.97. The molecule has 0 aliphatic carbocycles. The quantitative estimate of drug-likeness (QED) is 0.471. The van der Waals surface area contributed by atoms with Crippen molar-refractivity contribution in [3.8, 4) is 11.5 Å². The standard InChI is InChI=1S/C18H18FN3O4/c1-3-26-15-8-9-16(25-2)12(10-15)11-20-22-18(24)17(23)21-14-6-4-13(19)5-7-14/h4-11H,3H2,1-2H3,(H,21,23)(H,22,24). The summed E-state index contributed by atoms with van der Waals surface area (Å²) in [5.74, 6) is -1.19. The van der Waals surface area contributed by atoms with Crippen LogP contribution < -0.4 is 20.2 Å². The van der Waals surface area contributed by atoms with E-state index in [4.69, 9.17) is 9.47 Å². The van der Waals surface area contributed by atoms with Gasteiger partial charge < -0.3 is 14.8 Å². The molecule has 0 saturated heterocycles. The average Bonchev–Trinajstić information content (AvgIpc) is 2.64. The minimum absolute atomic E-state index is 0.293. The zero-order valence-corrected chi connectivity index (χ0v) is 14.3. The number of halogens is 1. The van der Waals surface area contributed by atoms with Crippen LogP contribution >= 0.6 is 0 Å². The van der Waals surface area contributed by atoms with Gasteiger partial charge in [0.2, 0.25) is 0 Å². The van der Waals surface area contributed by atoms with Crippen LogP contribution in [0.3, 0.4) is 0 Å². The predicted molar refractivity (Wildman–Crippen MR) is 94.9 cm³/mol. The number of hydrogen-bond donors (Lipinski definition) is 2. The van der Waals surface area contributed by atoms with E-state index in [0.29, 0.717) is 29.4 Å². The van der Waals surface area contributed by atoms with Crippen molar-refractivity contribution >= 4 is 23.7 Å². The van der Waals surface area contributed by atoms with Crippen LogP contribution in [0.4, 0.5) is 10.1 Å². The molecule has 0 unspecified atom stereocenters. The normalized spacial score (nSPS) is 10.4. The van der Waals surface area contributed by atoms with Crippen molar-refractivity contribution in [2.75, 3.05) is 19.0 Å². The number of ether oxygens (including phenoxy) is 2. The monoisotopic (exact) mass is 359 g/mol. The van der Waals surface area contributed by atoms with Crippen LogP contribution in [-0.2, 0) is 9.59 Å². The maximum atomic E-state index is 12.8. The number of nitrogens with zero attached hydrogens (tertiary/aromatic N) is 1. The molecule has 0 heterocycles. The van der Waals surface area contributed by atoms with E-state index in [2.05, 4.69) is 15.8 Å². The van der Waals surface area contributed by atoms with Gasteiger partial charge in [-0.2, -0.15) is 5.10 Å². The van der Waals surface area contributed by atoms with E-state index in [-0.39, 0.29) is 0 Å². The van der Waals surface area contributed by atoms with Crippen LogP contribution in [0.1, 0.15) is 12.5 Å². The van der Waals surface area contributed by atoms with Gasteiger partial charge in [0, 0.05) is 11.3 Å². The summed E-state index contributed by atoms with van der Waals surface area (Å²) < 4.78 is 23.4. The Bertz CT molecular complexity index is 807. The zero-order chi connectivity index (χ0) is 18.9. The smallest absolute Gasteiger partial charge is 0.329 e. The van der Waals surface area contributed by atoms with Gasteiger partial charge in [-0.15, -0.1) is 0 Å². The van der Waals surface area contributed by atoms with Crippen molar-refractivity contribution in [1.29, 1.82) is 0 Å². The number of nitrogens with one attached hydrogen (secondary N) is 2. The highest BCUT2D eigenvalue weighted by atomic mass is 19.1. The third-order valence-corrected chi connectivity index (χ3v) is 3.19. The van der Waals surface area contributed by atoms with Gasteiger partial charge in [0.1, 0.15) is 17.3 Å². The highest BCUT2D eigenvalue weighted by molar-refractivity contribution is 6.39. The molecule has 0 fully saturated rings. The number of benzene rings is 2. The fourth-order valence-corrected chi connectivity index (χ4v) is 2.00. The van der Waals surface area contributed by atoms with E-state index >= 15 is 0 Å². The molecular formula is C18H18FN3O4. The van der Waals surface area contributed by atoms with Gasteiger partial charge in [-0.1, -0.05) is 0 Å². The van der Waals surface area contributed by atoms with E-state index in [1.807, 2.05) is 6.92 Å². The van der Waals surface area contributed by atoms with Gasteiger partial charge in [0.25, 0.3) is 0 Å². The van der Waals surface area contributed by atoms with Gasteiger partial charge in [0.05, 0.1) is 19.9 Å². The molecule has 2 aromatic rings. The molecule has 0 aliphatic heterocycles. The first-order valence-corrected chi connectivity index (χ1v) is 7.74. The minimum atomic E-state index is -0.967. The third kappa shape index (κ3) is 5.30. The second-order valence-electron chi connectivity index (χ2n) is 5.00. The summed E-state index contributed by atoms with van der Waals surface area (Å²) in [5, 5.41) is 6.08. The number of anilines is 1. The van der Waals surface area contributed by atoms with E-state index < -0.39 is 17.6 Å². The minimum Gasteiger partial charge on any atom is -0.496 e. The summed E-state index contributed by atoms with van der Waals surface area (Å²) in [6, 6.07) is 10.2. The molecule has 26 heavy (non-hydrogen) atoms. The highest BCUT2D eigenvalue weighted by Gasteiger charge is 2.13. The largest absolute Gasteiger partial charge is 0.496 e. The molecule has 0 bridgehead atoms. The molecule has 2 rings (SSSR count). The topological polar surface area (TPSA) is 89.0 Å². The third-order valence-electron chi connectivity index (χ3n) is 3.19.